The van der Waals surface area contributed by atoms with Gasteiger partial charge in [0.05, 0.1) is 0 Å². The molecular formula is C7H7F3N2O4S. The van der Waals surface area contributed by atoms with Crippen LogP contribution in [0.3, 0.4) is 0 Å². The van der Waals surface area contributed by atoms with Crippen molar-refractivity contribution in [2.75, 3.05) is 5.75 Å². The predicted octanol–water partition coefficient (Wildman–Crippen LogP) is 0.359. The largest absolute Gasteiger partial charge is 0.480 e. The number of carboxylic acids is 1. The Bertz CT molecular complexity index is 519. The number of aliphatic carboxylic acids is 1. The topological polar surface area (TPSA) is 89.3 Å². The van der Waals surface area contributed by atoms with Gasteiger partial charge in [-0.25, -0.2) is 8.42 Å². The van der Waals surface area contributed by atoms with E-state index < -0.39 is 39.3 Å². The summed E-state index contributed by atoms with van der Waals surface area (Å²) in [5.41, 5.74) is -1.23. The van der Waals surface area contributed by atoms with Gasteiger partial charge in [0.2, 0.25) is 0 Å². The molecule has 0 aliphatic heterocycles. The number of aromatic nitrogens is 2. The number of carboxylic acid groups (broad SMARTS) is 1. The smallest absolute Gasteiger partial charge is 0.435 e. The Hall–Kier alpha value is -1.58. The van der Waals surface area contributed by atoms with Crippen molar-refractivity contribution in [1.82, 2.24) is 9.78 Å². The zero-order chi connectivity index (χ0) is 13.3. The Morgan fingerprint density at radius 3 is 2.47 bits per heavy atom. The Kier molecular flexibility index (Phi) is 3.45. The van der Waals surface area contributed by atoms with Crippen molar-refractivity contribution in [3.8, 4) is 0 Å². The molecule has 0 bridgehead atoms. The molecule has 1 N–H and O–H groups in total. The highest BCUT2D eigenvalue weighted by molar-refractivity contribution is 7.91. The summed E-state index contributed by atoms with van der Waals surface area (Å²) in [6.45, 7) is 0. The minimum absolute atomic E-state index is 0.529. The van der Waals surface area contributed by atoms with Crippen molar-refractivity contribution in [2.24, 2.45) is 0 Å². The number of hydrogen-bond acceptors (Lipinski definition) is 4. The van der Waals surface area contributed by atoms with Gasteiger partial charge in [-0.15, -0.1) is 0 Å². The second-order valence-corrected chi connectivity index (χ2v) is 5.18. The molecule has 96 valence electrons. The zero-order valence-corrected chi connectivity index (χ0v) is 8.99. The molecule has 10 heteroatoms. The van der Waals surface area contributed by atoms with Gasteiger partial charge in [-0.05, 0) is 6.07 Å². The zero-order valence-electron chi connectivity index (χ0n) is 8.18. The van der Waals surface area contributed by atoms with Gasteiger partial charge >= 0.3 is 12.1 Å². The molecule has 17 heavy (non-hydrogen) atoms. The van der Waals surface area contributed by atoms with Crippen LogP contribution in [0, 0.1) is 0 Å². The fourth-order valence-corrected chi connectivity index (χ4v) is 2.03. The Morgan fingerprint density at radius 2 is 2.06 bits per heavy atom. The van der Waals surface area contributed by atoms with Crippen molar-refractivity contribution in [1.29, 1.82) is 0 Å². The summed E-state index contributed by atoms with van der Waals surface area (Å²) in [5, 5.41) is 11.3. The highest BCUT2D eigenvalue weighted by Gasteiger charge is 2.33. The monoisotopic (exact) mass is 272 g/mol. The van der Waals surface area contributed by atoms with Crippen molar-refractivity contribution < 1.29 is 31.5 Å². The second kappa shape index (κ2) is 4.35. The summed E-state index contributed by atoms with van der Waals surface area (Å²) in [6.07, 6.45) is -3.84. The summed E-state index contributed by atoms with van der Waals surface area (Å²) in [7, 11) is -4.03. The molecule has 0 aromatic carbocycles. The fraction of sp³-hybridized carbons (Fsp3) is 0.429. The average molecular weight is 272 g/mol. The van der Waals surface area contributed by atoms with E-state index in [2.05, 4.69) is 5.10 Å². The van der Waals surface area contributed by atoms with Gasteiger partial charge < -0.3 is 5.11 Å². The van der Waals surface area contributed by atoms with Crippen LogP contribution in [0.1, 0.15) is 5.69 Å². The highest BCUT2D eigenvalue weighted by Crippen LogP contribution is 2.27. The number of halogens is 3. The van der Waals surface area contributed by atoms with Gasteiger partial charge in [0.25, 0.3) is 0 Å². The van der Waals surface area contributed by atoms with Crippen molar-refractivity contribution in [3.63, 3.8) is 0 Å². The van der Waals surface area contributed by atoms with Crippen LogP contribution in [0.25, 0.3) is 0 Å². The third kappa shape index (κ3) is 4.06. The molecule has 1 aromatic heterocycles. The summed E-state index contributed by atoms with van der Waals surface area (Å²) >= 11 is 0. The lowest BCUT2D eigenvalue weighted by Gasteiger charge is -2.03. The van der Waals surface area contributed by atoms with Gasteiger partial charge in [0.1, 0.15) is 11.6 Å². The molecule has 0 spiro atoms. The summed E-state index contributed by atoms with van der Waals surface area (Å²) in [6, 6.07) is 0.607. The molecule has 0 unspecified atom stereocenters. The first-order valence-corrected chi connectivity index (χ1v) is 5.95. The van der Waals surface area contributed by atoms with E-state index in [1.165, 1.54) is 0 Å². The Labute approximate surface area is 93.6 Å². The van der Waals surface area contributed by atoms with Crippen LogP contribution in [0.15, 0.2) is 12.3 Å². The summed E-state index contributed by atoms with van der Waals surface area (Å²) < 4.78 is 59.2. The lowest BCUT2D eigenvalue weighted by molar-refractivity contribution is -0.141. The predicted molar refractivity (Wildman–Crippen MR) is 48.7 cm³/mol. The third-order valence-electron chi connectivity index (χ3n) is 1.60. The molecule has 0 radical (unpaired) electrons. The molecule has 0 fully saturated rings. The molecular weight excluding hydrogens is 265 g/mol. The first-order chi connectivity index (χ1) is 7.60. The van der Waals surface area contributed by atoms with Crippen LogP contribution >= 0.6 is 0 Å². The summed E-state index contributed by atoms with van der Waals surface area (Å²) in [5.74, 6) is -3.64. The van der Waals surface area contributed by atoms with E-state index >= 15 is 0 Å². The number of rotatable bonds is 4. The van der Waals surface area contributed by atoms with E-state index in [0.29, 0.717) is 10.7 Å². The third-order valence-corrected chi connectivity index (χ3v) is 2.95. The molecule has 0 atom stereocenters. The minimum atomic E-state index is -4.66. The average Bonchev–Trinajstić information content (AvgIpc) is 2.47. The number of nitrogens with zero attached hydrogens (tertiary/aromatic N) is 2. The van der Waals surface area contributed by atoms with Gasteiger partial charge in [-0.1, -0.05) is 0 Å². The van der Waals surface area contributed by atoms with Crippen molar-refractivity contribution in [3.05, 3.63) is 18.0 Å². The maximum absolute atomic E-state index is 12.1. The first kappa shape index (κ1) is 13.5. The molecule has 0 saturated carbocycles. The van der Waals surface area contributed by atoms with Gasteiger partial charge in [0, 0.05) is 6.20 Å². The number of alkyl halides is 3. The normalized spacial score (nSPS) is 12.6. The van der Waals surface area contributed by atoms with E-state index in [1.54, 1.807) is 0 Å². The minimum Gasteiger partial charge on any atom is -0.480 e. The SMILES string of the molecule is O=C(O)CS(=O)(=O)Cn1ccc(C(F)(F)F)n1. The van der Waals surface area contributed by atoms with Gasteiger partial charge in [0.15, 0.2) is 15.5 Å². The lowest BCUT2D eigenvalue weighted by Crippen LogP contribution is -2.20. The van der Waals surface area contributed by atoms with E-state index in [0.717, 1.165) is 6.20 Å². The molecule has 6 nitrogen and oxygen atoms in total. The van der Waals surface area contributed by atoms with Gasteiger partial charge in [-0.2, -0.15) is 18.3 Å². The molecule has 0 aliphatic rings. The molecule has 1 heterocycles. The van der Waals surface area contributed by atoms with Gasteiger partial charge in [-0.3, -0.25) is 9.48 Å². The standard InChI is InChI=1S/C7H7F3N2O4S/c8-7(9,10)5-1-2-12(11-5)4-17(15,16)3-6(13)14/h1-2H,3-4H2,(H,13,14). The maximum Gasteiger partial charge on any atom is 0.435 e. The van der Waals surface area contributed by atoms with Crippen molar-refractivity contribution in [2.45, 2.75) is 12.1 Å². The molecule has 0 aliphatic carbocycles. The first-order valence-electron chi connectivity index (χ1n) is 4.13. The molecule has 0 amide bonds. The van der Waals surface area contributed by atoms with E-state index in [1.807, 2.05) is 0 Å². The molecule has 1 aromatic rings. The van der Waals surface area contributed by atoms with E-state index in [-0.39, 0.29) is 0 Å². The van der Waals surface area contributed by atoms with E-state index in [4.69, 9.17) is 5.11 Å². The summed E-state index contributed by atoms with van der Waals surface area (Å²) in [4.78, 5) is 10.2. The van der Waals surface area contributed by atoms with Crippen LogP contribution in [-0.2, 0) is 26.7 Å². The maximum atomic E-state index is 12.1. The fourth-order valence-electron chi connectivity index (χ4n) is 1.02. The van der Waals surface area contributed by atoms with Crippen LogP contribution in [0.5, 0.6) is 0 Å². The van der Waals surface area contributed by atoms with Crippen LogP contribution < -0.4 is 0 Å². The van der Waals surface area contributed by atoms with Crippen LogP contribution in [0.2, 0.25) is 0 Å². The Morgan fingerprint density at radius 1 is 1.47 bits per heavy atom. The van der Waals surface area contributed by atoms with Crippen LogP contribution in [-0.4, -0.2) is 35.0 Å². The molecule has 1 rings (SSSR count). The number of hydrogen-bond donors (Lipinski definition) is 1. The van der Waals surface area contributed by atoms with Crippen molar-refractivity contribution >= 4 is 15.8 Å². The number of sulfone groups is 1. The lowest BCUT2D eigenvalue weighted by atomic mass is 10.4. The Balaban J connectivity index is 2.84. The quantitative estimate of drug-likeness (QED) is 0.854. The molecule has 0 saturated heterocycles. The van der Waals surface area contributed by atoms with Crippen LogP contribution in [0.4, 0.5) is 13.2 Å². The second-order valence-electron chi connectivity index (χ2n) is 3.15. The van der Waals surface area contributed by atoms with E-state index in [9.17, 15) is 26.4 Å². The highest BCUT2D eigenvalue weighted by atomic mass is 32.2. The number of carbonyl (C=O) groups is 1.